The molecule has 5 heterocycles. The summed E-state index contributed by atoms with van der Waals surface area (Å²) in [7, 11) is 0. The lowest BCUT2D eigenvalue weighted by Crippen LogP contribution is -2.12. The summed E-state index contributed by atoms with van der Waals surface area (Å²) in [4.78, 5) is 22.7. The van der Waals surface area contributed by atoms with Crippen molar-refractivity contribution in [1.29, 1.82) is 10.5 Å². The Kier molecular flexibility index (Phi) is 10.5. The first-order chi connectivity index (χ1) is 40.6. The minimum absolute atomic E-state index is 0.368. The number of para-hydroxylation sites is 3. The van der Waals surface area contributed by atoms with E-state index in [1.165, 1.54) is 0 Å². The van der Waals surface area contributed by atoms with Gasteiger partial charge in [-0.05, 0) is 59.2 Å². The van der Waals surface area contributed by atoms with E-state index in [2.05, 4.69) is 233 Å². The molecule has 8 bridgehead atoms. The zero-order valence-corrected chi connectivity index (χ0v) is 43.8. The first-order valence-corrected chi connectivity index (χ1v) is 27.3. The van der Waals surface area contributed by atoms with Crippen molar-refractivity contribution in [1.82, 2.24) is 19.9 Å². The van der Waals surface area contributed by atoms with Crippen LogP contribution in [0.3, 0.4) is 0 Å². The van der Waals surface area contributed by atoms with Gasteiger partial charge in [-0.2, -0.15) is 10.5 Å². The number of nitrogens with zero attached hydrogens (tertiary/aromatic N) is 5. The molecule has 3 aromatic heterocycles. The lowest BCUT2D eigenvalue weighted by Gasteiger charge is -2.27. The van der Waals surface area contributed by atoms with Crippen LogP contribution < -0.4 is 4.90 Å². The fourth-order valence-corrected chi connectivity index (χ4v) is 12.7. The number of aromatic nitrogens is 4. The first-order valence-electron chi connectivity index (χ1n) is 27.3. The number of furan rings is 1. The second-order valence-corrected chi connectivity index (χ2v) is 20.7. The number of nitriles is 2. The van der Waals surface area contributed by atoms with Crippen LogP contribution in [0.5, 0.6) is 0 Å². The Bertz CT molecular complexity index is 5180. The monoisotopic (exact) mass is 1050 g/mol. The van der Waals surface area contributed by atoms with Crippen LogP contribution >= 0.6 is 0 Å². The number of aromatic amines is 2. The number of benzene rings is 10. The van der Waals surface area contributed by atoms with Crippen molar-refractivity contribution in [2.24, 2.45) is 0 Å². The second kappa shape index (κ2) is 18.5. The summed E-state index contributed by atoms with van der Waals surface area (Å²) in [6.07, 6.45) is 0. The molecule has 8 heteroatoms. The Balaban J connectivity index is 1.22. The van der Waals surface area contributed by atoms with Crippen LogP contribution in [0.15, 0.2) is 253 Å². The molecule has 0 saturated heterocycles. The molecular weight excluding hydrogens is 1000 g/mol. The van der Waals surface area contributed by atoms with E-state index in [0.717, 1.165) is 150 Å². The summed E-state index contributed by atoms with van der Waals surface area (Å²) < 4.78 is 7.01. The predicted octanol–water partition coefficient (Wildman–Crippen LogP) is 19.4. The molecule has 0 amide bonds. The molecule has 1 aliphatic carbocycles. The van der Waals surface area contributed by atoms with Crippen molar-refractivity contribution < 1.29 is 4.42 Å². The van der Waals surface area contributed by atoms with Gasteiger partial charge >= 0.3 is 0 Å². The molecule has 0 saturated carbocycles. The van der Waals surface area contributed by atoms with Gasteiger partial charge in [-0.1, -0.05) is 206 Å². The van der Waals surface area contributed by atoms with Crippen molar-refractivity contribution >= 4 is 82.6 Å². The SMILES string of the molecule is N#Cc1cc(C#N)cc(-c2c3nc(c(-c4ccccc4)c4[nH]c(c(N(c5ccccc5)c5cccc6c5oc5ccccc56)c5nc(c(-c6ccccc6)c6[nH]c2c2ccccc62)-c2ccccc2-5)c2ccccc42)-c2ccccc2-3)c1. The van der Waals surface area contributed by atoms with Crippen LogP contribution in [-0.2, 0) is 0 Å². The van der Waals surface area contributed by atoms with Gasteiger partial charge in [0.05, 0.1) is 79.5 Å². The van der Waals surface area contributed by atoms with Gasteiger partial charge in [0, 0.05) is 76.9 Å². The van der Waals surface area contributed by atoms with Crippen LogP contribution in [0.25, 0.3) is 144 Å². The fourth-order valence-electron chi connectivity index (χ4n) is 12.7. The van der Waals surface area contributed by atoms with E-state index in [1.54, 1.807) is 6.07 Å². The number of fused-ring (bicyclic) bond motifs is 3. The molecule has 380 valence electrons. The molecule has 0 fully saturated rings. The molecule has 2 N–H and O–H groups in total. The van der Waals surface area contributed by atoms with Crippen molar-refractivity contribution in [3.63, 3.8) is 0 Å². The maximum Gasteiger partial charge on any atom is 0.159 e. The first kappa shape index (κ1) is 46.5. The second-order valence-electron chi connectivity index (χ2n) is 20.7. The van der Waals surface area contributed by atoms with Gasteiger partial charge in [-0.3, -0.25) is 0 Å². The Labute approximate surface area is 470 Å². The zero-order valence-electron chi connectivity index (χ0n) is 43.8. The summed E-state index contributed by atoms with van der Waals surface area (Å²) in [6.45, 7) is 0. The van der Waals surface area contributed by atoms with Gasteiger partial charge in [0.2, 0.25) is 0 Å². The number of anilines is 3. The Morgan fingerprint density at radius 2 is 0.756 bits per heavy atom. The molecule has 0 unspecified atom stereocenters. The summed E-state index contributed by atoms with van der Waals surface area (Å²) >= 11 is 0. The molecule has 2 aliphatic heterocycles. The van der Waals surface area contributed by atoms with Crippen molar-refractivity contribution in [2.75, 3.05) is 4.90 Å². The third kappa shape index (κ3) is 7.09. The van der Waals surface area contributed by atoms with E-state index in [-0.39, 0.29) is 0 Å². The number of H-pyrrole nitrogens is 2. The normalized spacial score (nSPS) is 11.6. The summed E-state index contributed by atoms with van der Waals surface area (Å²) in [5.41, 5.74) is 20.0. The van der Waals surface area contributed by atoms with Gasteiger partial charge in [0.1, 0.15) is 5.58 Å². The fraction of sp³-hybridized carbons (Fsp3) is 0. The molecule has 82 heavy (non-hydrogen) atoms. The van der Waals surface area contributed by atoms with E-state index in [9.17, 15) is 10.5 Å². The van der Waals surface area contributed by atoms with Gasteiger partial charge in [0.15, 0.2) is 5.58 Å². The number of hydrogen-bond donors (Lipinski definition) is 2. The zero-order chi connectivity index (χ0) is 54.4. The maximum absolute atomic E-state index is 10.6. The molecular formula is C74H43N7O. The van der Waals surface area contributed by atoms with Crippen LogP contribution in [0, 0.1) is 22.7 Å². The van der Waals surface area contributed by atoms with Gasteiger partial charge in [-0.15, -0.1) is 0 Å². The summed E-state index contributed by atoms with van der Waals surface area (Å²) in [5, 5.41) is 27.1. The quantitative estimate of drug-likeness (QED) is 0.171. The minimum Gasteiger partial charge on any atom is -0.454 e. The molecule has 0 atom stereocenters. The van der Waals surface area contributed by atoms with Gasteiger partial charge in [-0.25, -0.2) is 9.97 Å². The van der Waals surface area contributed by atoms with Crippen LogP contribution in [0.2, 0.25) is 0 Å². The van der Waals surface area contributed by atoms with Crippen LogP contribution in [0.4, 0.5) is 17.1 Å². The van der Waals surface area contributed by atoms with Gasteiger partial charge in [0.25, 0.3) is 0 Å². The Morgan fingerprint density at radius 3 is 1.28 bits per heavy atom. The molecule has 0 spiro atoms. The molecule has 13 aromatic rings. The van der Waals surface area contributed by atoms with Crippen LogP contribution in [-0.4, -0.2) is 19.9 Å². The lowest BCUT2D eigenvalue weighted by atomic mass is 9.93. The van der Waals surface area contributed by atoms with E-state index < -0.39 is 0 Å². The number of rotatable bonds is 6. The third-order valence-electron chi connectivity index (χ3n) is 16.1. The maximum atomic E-state index is 10.6. The summed E-state index contributed by atoms with van der Waals surface area (Å²) in [6, 6.07) is 90.3. The van der Waals surface area contributed by atoms with Crippen molar-refractivity contribution in [2.45, 2.75) is 0 Å². The predicted molar refractivity (Wildman–Crippen MR) is 333 cm³/mol. The standard InChI is InChI=1S/C74H43N7O/c75-42-44-39-45(43-76)41-48(40-44)64-69-53-30-12-10-28-51(53)65(77-69)62(46-21-4-1-5-22-46)67-55-32-14-16-34-57(55)71(79-67)73(81(49-25-8-3-9-26-49)60-37-20-36-59-50-27-18-19-38-61(50)82-74(59)60)72-58-35-17-15-33-56(58)68(80-72)63(47-23-6-2-7-24-47)66-52-29-11-13-31-54(52)70(64)78-66/h1-41,77,80H. The highest BCUT2D eigenvalue weighted by Gasteiger charge is 2.33. The van der Waals surface area contributed by atoms with E-state index in [1.807, 2.05) is 36.4 Å². The topological polar surface area (TPSA) is 121 Å². The molecule has 16 rings (SSSR count). The van der Waals surface area contributed by atoms with E-state index in [0.29, 0.717) is 22.4 Å². The van der Waals surface area contributed by atoms with E-state index >= 15 is 0 Å². The molecule has 3 aliphatic rings. The van der Waals surface area contributed by atoms with Crippen molar-refractivity contribution in [3.8, 4) is 90.5 Å². The Morgan fingerprint density at radius 1 is 0.354 bits per heavy atom. The largest absolute Gasteiger partial charge is 0.454 e. The number of nitrogens with one attached hydrogen (secondary N) is 2. The Hall–Kier alpha value is -11.6. The molecule has 10 aromatic carbocycles. The lowest BCUT2D eigenvalue weighted by molar-refractivity contribution is 0.669. The highest BCUT2D eigenvalue weighted by atomic mass is 16.3. The molecule has 8 nitrogen and oxygen atoms in total. The van der Waals surface area contributed by atoms with Crippen LogP contribution in [0.1, 0.15) is 11.1 Å². The third-order valence-corrected chi connectivity index (χ3v) is 16.1. The average molecular weight is 1050 g/mol. The average Bonchev–Trinajstić information content (AvgIpc) is 4.45. The highest BCUT2D eigenvalue weighted by molar-refractivity contribution is 6.23. The van der Waals surface area contributed by atoms with Crippen molar-refractivity contribution in [3.05, 3.63) is 260 Å². The smallest absolute Gasteiger partial charge is 0.159 e. The summed E-state index contributed by atoms with van der Waals surface area (Å²) in [5.74, 6) is 0. The van der Waals surface area contributed by atoms with E-state index in [4.69, 9.17) is 14.4 Å². The minimum atomic E-state index is 0.368. The highest BCUT2D eigenvalue weighted by Crippen LogP contribution is 2.54. The number of hydrogen-bond acceptors (Lipinski definition) is 6. The van der Waals surface area contributed by atoms with Gasteiger partial charge < -0.3 is 19.3 Å². The molecule has 0 radical (unpaired) electrons.